The van der Waals surface area contributed by atoms with Gasteiger partial charge in [-0.1, -0.05) is 40.2 Å². The van der Waals surface area contributed by atoms with Gasteiger partial charge < -0.3 is 5.32 Å². The average Bonchev–Trinajstić information content (AvgIpc) is 2.63. The molecular formula is C20H17BrFN3O2. The first-order chi connectivity index (χ1) is 12.9. The minimum Gasteiger partial charge on any atom is -0.344 e. The summed E-state index contributed by atoms with van der Waals surface area (Å²) in [5, 5.41) is 6.87. The van der Waals surface area contributed by atoms with Crippen LogP contribution >= 0.6 is 15.9 Å². The predicted molar refractivity (Wildman–Crippen MR) is 105 cm³/mol. The summed E-state index contributed by atoms with van der Waals surface area (Å²) in [6.45, 7) is 3.44. The van der Waals surface area contributed by atoms with E-state index in [1.165, 1.54) is 22.9 Å². The molecule has 3 aromatic rings. The first-order valence-corrected chi connectivity index (χ1v) is 9.08. The van der Waals surface area contributed by atoms with Crippen LogP contribution in [0.5, 0.6) is 0 Å². The van der Waals surface area contributed by atoms with Gasteiger partial charge in [0.1, 0.15) is 11.5 Å². The van der Waals surface area contributed by atoms with Gasteiger partial charge in [-0.3, -0.25) is 9.59 Å². The summed E-state index contributed by atoms with van der Waals surface area (Å²) >= 11 is 3.36. The fraction of sp³-hybridized carbons (Fsp3) is 0.150. The average molecular weight is 430 g/mol. The molecule has 1 atom stereocenters. The minimum absolute atomic E-state index is 0.171. The molecule has 1 heterocycles. The maximum atomic E-state index is 14.1. The van der Waals surface area contributed by atoms with Crippen LogP contribution in [0.2, 0.25) is 0 Å². The van der Waals surface area contributed by atoms with Crippen LogP contribution in [-0.2, 0) is 0 Å². The Morgan fingerprint density at radius 2 is 1.85 bits per heavy atom. The fourth-order valence-electron chi connectivity index (χ4n) is 2.67. The van der Waals surface area contributed by atoms with Crippen LogP contribution in [0.3, 0.4) is 0 Å². The molecule has 0 aliphatic rings. The lowest BCUT2D eigenvalue weighted by Gasteiger charge is -2.15. The quantitative estimate of drug-likeness (QED) is 0.682. The Hall–Kier alpha value is -2.80. The van der Waals surface area contributed by atoms with E-state index in [-0.39, 0.29) is 17.4 Å². The summed E-state index contributed by atoms with van der Waals surface area (Å²) in [5.41, 5.74) is 0.689. The molecule has 0 saturated heterocycles. The number of hydrogen-bond acceptors (Lipinski definition) is 3. The molecule has 138 valence electrons. The van der Waals surface area contributed by atoms with Crippen LogP contribution < -0.4 is 10.7 Å². The topological polar surface area (TPSA) is 64.0 Å². The molecule has 5 nitrogen and oxygen atoms in total. The van der Waals surface area contributed by atoms with Crippen molar-refractivity contribution in [3.63, 3.8) is 0 Å². The fourth-order valence-corrected chi connectivity index (χ4v) is 2.94. The Balaban J connectivity index is 1.93. The van der Waals surface area contributed by atoms with Gasteiger partial charge in [0.15, 0.2) is 5.69 Å². The highest BCUT2D eigenvalue weighted by Crippen LogP contribution is 2.17. The van der Waals surface area contributed by atoms with Crippen LogP contribution in [-0.4, -0.2) is 15.7 Å². The van der Waals surface area contributed by atoms with Gasteiger partial charge in [0, 0.05) is 16.2 Å². The van der Waals surface area contributed by atoms with Gasteiger partial charge in [0.2, 0.25) is 5.43 Å². The summed E-state index contributed by atoms with van der Waals surface area (Å²) in [7, 11) is 0. The molecule has 1 aromatic heterocycles. The number of benzene rings is 2. The second-order valence-electron chi connectivity index (χ2n) is 6.11. The molecule has 0 fully saturated rings. The van der Waals surface area contributed by atoms with Crippen molar-refractivity contribution in [1.82, 2.24) is 15.1 Å². The second-order valence-corrected chi connectivity index (χ2v) is 7.02. The third-order valence-corrected chi connectivity index (χ3v) is 4.65. The van der Waals surface area contributed by atoms with Crippen molar-refractivity contribution in [2.45, 2.75) is 19.9 Å². The van der Waals surface area contributed by atoms with Crippen LogP contribution in [0, 0.1) is 12.7 Å². The van der Waals surface area contributed by atoms with Crippen LogP contribution in [0.15, 0.2) is 63.9 Å². The summed E-state index contributed by atoms with van der Waals surface area (Å²) in [5.74, 6) is -1.10. The number of aryl methyl sites for hydroxylation is 1. The SMILES string of the molecule is Cc1cc(=O)c(C(=O)NC(C)c2ccc(Br)cc2)nn1-c1ccccc1F. The van der Waals surface area contributed by atoms with Gasteiger partial charge in [-0.05, 0) is 43.7 Å². The number of nitrogens with zero attached hydrogens (tertiary/aromatic N) is 2. The number of para-hydroxylation sites is 1. The Morgan fingerprint density at radius 3 is 2.52 bits per heavy atom. The largest absolute Gasteiger partial charge is 0.344 e. The molecule has 3 rings (SSSR count). The molecule has 0 bridgehead atoms. The molecule has 7 heteroatoms. The maximum absolute atomic E-state index is 14.1. The predicted octanol–water partition coefficient (Wildman–Crippen LogP) is 3.93. The lowest BCUT2D eigenvalue weighted by molar-refractivity contribution is 0.0931. The lowest BCUT2D eigenvalue weighted by atomic mass is 10.1. The first kappa shape index (κ1) is 19.0. The zero-order valence-corrected chi connectivity index (χ0v) is 16.3. The summed E-state index contributed by atoms with van der Waals surface area (Å²) < 4.78 is 16.3. The van der Waals surface area contributed by atoms with Crippen molar-refractivity contribution in [3.8, 4) is 5.69 Å². The zero-order chi connectivity index (χ0) is 19.6. The lowest BCUT2D eigenvalue weighted by Crippen LogP contribution is -2.33. The first-order valence-electron chi connectivity index (χ1n) is 8.29. The molecular weight excluding hydrogens is 413 g/mol. The number of carbonyl (C=O) groups is 1. The monoisotopic (exact) mass is 429 g/mol. The highest BCUT2D eigenvalue weighted by atomic mass is 79.9. The van der Waals surface area contributed by atoms with Crippen molar-refractivity contribution < 1.29 is 9.18 Å². The van der Waals surface area contributed by atoms with Crippen molar-refractivity contribution in [3.05, 3.63) is 92.1 Å². The summed E-state index contributed by atoms with van der Waals surface area (Å²) in [6.07, 6.45) is 0. The summed E-state index contributed by atoms with van der Waals surface area (Å²) in [6, 6.07) is 14.5. The number of amides is 1. The van der Waals surface area contributed by atoms with E-state index >= 15 is 0 Å². The highest BCUT2D eigenvalue weighted by Gasteiger charge is 2.18. The molecule has 0 spiro atoms. The zero-order valence-electron chi connectivity index (χ0n) is 14.7. The number of aromatic nitrogens is 2. The van der Waals surface area contributed by atoms with Gasteiger partial charge in [0.25, 0.3) is 5.91 Å². The molecule has 1 unspecified atom stereocenters. The van der Waals surface area contributed by atoms with E-state index in [4.69, 9.17) is 0 Å². The van der Waals surface area contributed by atoms with Crippen LogP contribution in [0.1, 0.15) is 34.7 Å². The number of halogens is 2. The molecule has 1 N–H and O–H groups in total. The van der Waals surface area contributed by atoms with Gasteiger partial charge in [-0.25, -0.2) is 9.07 Å². The van der Waals surface area contributed by atoms with Crippen LogP contribution in [0.25, 0.3) is 5.69 Å². The normalized spacial score (nSPS) is 11.9. The Morgan fingerprint density at radius 1 is 1.19 bits per heavy atom. The van der Waals surface area contributed by atoms with E-state index < -0.39 is 17.2 Å². The van der Waals surface area contributed by atoms with E-state index in [2.05, 4.69) is 26.3 Å². The Kier molecular flexibility index (Phi) is 5.51. The number of carbonyl (C=O) groups excluding carboxylic acids is 1. The molecule has 0 saturated carbocycles. The maximum Gasteiger partial charge on any atom is 0.276 e. The molecule has 0 aliphatic heterocycles. The molecule has 27 heavy (non-hydrogen) atoms. The molecule has 0 aliphatic carbocycles. The van der Waals surface area contributed by atoms with E-state index in [0.29, 0.717) is 5.69 Å². The second kappa shape index (κ2) is 7.84. The van der Waals surface area contributed by atoms with Crippen LogP contribution in [0.4, 0.5) is 4.39 Å². The summed E-state index contributed by atoms with van der Waals surface area (Å²) in [4.78, 5) is 24.9. The number of nitrogens with one attached hydrogen (secondary N) is 1. The highest BCUT2D eigenvalue weighted by molar-refractivity contribution is 9.10. The van der Waals surface area contributed by atoms with Gasteiger partial charge in [-0.2, -0.15) is 5.10 Å². The van der Waals surface area contributed by atoms with E-state index in [1.807, 2.05) is 31.2 Å². The van der Waals surface area contributed by atoms with E-state index in [9.17, 15) is 14.0 Å². The smallest absolute Gasteiger partial charge is 0.276 e. The third-order valence-electron chi connectivity index (χ3n) is 4.12. The molecule has 0 radical (unpaired) electrons. The minimum atomic E-state index is -0.611. The van der Waals surface area contributed by atoms with Gasteiger partial charge in [0.05, 0.1) is 6.04 Å². The number of hydrogen-bond donors (Lipinski definition) is 1. The van der Waals surface area contributed by atoms with Gasteiger partial charge in [-0.15, -0.1) is 0 Å². The molecule has 1 amide bonds. The number of rotatable bonds is 4. The van der Waals surface area contributed by atoms with Crippen molar-refractivity contribution in [2.24, 2.45) is 0 Å². The Labute approximate surface area is 164 Å². The third kappa shape index (κ3) is 4.14. The Bertz CT molecular complexity index is 1050. The van der Waals surface area contributed by atoms with Crippen molar-refractivity contribution in [1.29, 1.82) is 0 Å². The van der Waals surface area contributed by atoms with Crippen molar-refractivity contribution in [2.75, 3.05) is 0 Å². The van der Waals surface area contributed by atoms with Crippen molar-refractivity contribution >= 4 is 21.8 Å². The standard InChI is InChI=1S/C20H17BrFN3O2/c1-12-11-18(26)19(24-25(12)17-6-4-3-5-16(17)22)20(27)23-13(2)14-7-9-15(21)10-8-14/h3-11,13H,1-2H3,(H,23,27). The van der Waals surface area contributed by atoms with Gasteiger partial charge >= 0.3 is 0 Å². The molecule has 2 aromatic carbocycles. The van der Waals surface area contributed by atoms with E-state index in [0.717, 1.165) is 10.0 Å². The van der Waals surface area contributed by atoms with E-state index in [1.54, 1.807) is 19.1 Å².